The van der Waals surface area contributed by atoms with Crippen molar-refractivity contribution in [1.82, 2.24) is 14.8 Å². The highest BCUT2D eigenvalue weighted by Crippen LogP contribution is 2.19. The van der Waals surface area contributed by atoms with Gasteiger partial charge in [-0.15, -0.1) is 0 Å². The van der Waals surface area contributed by atoms with Gasteiger partial charge in [-0.25, -0.2) is 9.67 Å². The van der Waals surface area contributed by atoms with Gasteiger partial charge in [0.05, 0.1) is 0 Å². The van der Waals surface area contributed by atoms with Crippen LogP contribution in [-0.2, 0) is 6.54 Å². The highest BCUT2D eigenvalue weighted by atomic mass is 127. The molecule has 0 aliphatic carbocycles. The van der Waals surface area contributed by atoms with E-state index >= 15 is 0 Å². The first-order chi connectivity index (χ1) is 7.94. The molecule has 1 aromatic heterocycles. The van der Waals surface area contributed by atoms with E-state index in [0.717, 1.165) is 14.6 Å². The van der Waals surface area contributed by atoms with E-state index in [2.05, 4.69) is 32.7 Å². The zero-order chi connectivity index (χ0) is 12.5. The predicted octanol–water partition coefficient (Wildman–Crippen LogP) is 3.11. The number of hydrogen-bond donors (Lipinski definition) is 0. The quantitative estimate of drug-likeness (QED) is 0.777. The number of halogens is 4. The highest BCUT2D eigenvalue weighted by molar-refractivity contribution is 14.1. The van der Waals surface area contributed by atoms with Gasteiger partial charge < -0.3 is 0 Å². The SMILES string of the molecule is FC(F)(F)Cn1cnc(-c2ccc(I)cc2)n1. The van der Waals surface area contributed by atoms with Gasteiger partial charge in [0.25, 0.3) is 0 Å². The normalized spacial score (nSPS) is 11.8. The van der Waals surface area contributed by atoms with Crippen molar-refractivity contribution in [2.45, 2.75) is 12.7 Å². The van der Waals surface area contributed by atoms with Crippen molar-refractivity contribution in [3.63, 3.8) is 0 Å². The largest absolute Gasteiger partial charge is 0.408 e. The number of rotatable bonds is 2. The number of nitrogens with zero attached hydrogens (tertiary/aromatic N) is 3. The Kier molecular flexibility index (Phi) is 3.36. The van der Waals surface area contributed by atoms with Crippen LogP contribution in [0.3, 0.4) is 0 Å². The first kappa shape index (κ1) is 12.3. The summed E-state index contributed by atoms with van der Waals surface area (Å²) in [7, 11) is 0. The molecule has 1 aromatic carbocycles. The molecule has 2 rings (SSSR count). The third kappa shape index (κ3) is 3.42. The van der Waals surface area contributed by atoms with E-state index < -0.39 is 12.7 Å². The smallest absolute Gasteiger partial charge is 0.243 e. The van der Waals surface area contributed by atoms with Crippen molar-refractivity contribution in [3.05, 3.63) is 34.2 Å². The van der Waals surface area contributed by atoms with Crippen LogP contribution in [0, 0.1) is 3.57 Å². The molecular weight excluding hydrogens is 346 g/mol. The molecule has 0 atom stereocenters. The van der Waals surface area contributed by atoms with Gasteiger partial charge in [-0.3, -0.25) is 0 Å². The molecule has 0 unspecified atom stereocenters. The van der Waals surface area contributed by atoms with Gasteiger partial charge >= 0.3 is 6.18 Å². The maximum atomic E-state index is 12.1. The Labute approximate surface area is 109 Å². The molecule has 3 nitrogen and oxygen atoms in total. The van der Waals surface area contributed by atoms with Gasteiger partial charge in [0.2, 0.25) is 0 Å². The third-order valence-electron chi connectivity index (χ3n) is 1.98. The van der Waals surface area contributed by atoms with Crippen LogP contribution >= 0.6 is 22.6 Å². The van der Waals surface area contributed by atoms with Crippen LogP contribution in [0.25, 0.3) is 11.4 Å². The molecule has 1 heterocycles. The zero-order valence-electron chi connectivity index (χ0n) is 8.45. The van der Waals surface area contributed by atoms with Crippen LogP contribution in [-0.4, -0.2) is 20.9 Å². The molecule has 0 spiro atoms. The lowest BCUT2D eigenvalue weighted by atomic mass is 10.2. The molecule has 0 saturated carbocycles. The molecule has 2 aromatic rings. The van der Waals surface area contributed by atoms with E-state index in [1.165, 1.54) is 0 Å². The van der Waals surface area contributed by atoms with Gasteiger partial charge in [-0.1, -0.05) is 12.1 Å². The van der Waals surface area contributed by atoms with Crippen molar-refractivity contribution in [2.24, 2.45) is 0 Å². The molecule has 0 radical (unpaired) electrons. The summed E-state index contributed by atoms with van der Waals surface area (Å²) >= 11 is 2.14. The van der Waals surface area contributed by atoms with Gasteiger partial charge in [0.1, 0.15) is 12.9 Å². The van der Waals surface area contributed by atoms with Gasteiger partial charge in [0, 0.05) is 9.13 Å². The summed E-state index contributed by atoms with van der Waals surface area (Å²) < 4.78 is 38.2. The lowest BCUT2D eigenvalue weighted by Crippen LogP contribution is -2.17. The fourth-order valence-corrected chi connectivity index (χ4v) is 1.65. The molecule has 0 aliphatic heterocycles. The standard InChI is InChI=1S/C10H7F3IN3/c11-10(12,13)5-17-6-15-9(16-17)7-1-3-8(14)4-2-7/h1-4,6H,5H2. The number of aromatic nitrogens is 3. The molecule has 90 valence electrons. The van der Waals surface area contributed by atoms with E-state index in [0.29, 0.717) is 11.4 Å². The minimum atomic E-state index is -4.28. The van der Waals surface area contributed by atoms with Gasteiger partial charge in [-0.2, -0.15) is 18.3 Å². The Morgan fingerprint density at radius 2 is 1.82 bits per heavy atom. The third-order valence-corrected chi connectivity index (χ3v) is 2.70. The van der Waals surface area contributed by atoms with E-state index in [9.17, 15) is 13.2 Å². The molecule has 0 fully saturated rings. The lowest BCUT2D eigenvalue weighted by molar-refractivity contribution is -0.142. The average molecular weight is 353 g/mol. The van der Waals surface area contributed by atoms with Gasteiger partial charge in [0.15, 0.2) is 5.82 Å². The Hall–Kier alpha value is -1.12. The van der Waals surface area contributed by atoms with Crippen LogP contribution in [0.1, 0.15) is 0 Å². The fourth-order valence-electron chi connectivity index (χ4n) is 1.29. The first-order valence-corrected chi connectivity index (χ1v) is 5.74. The van der Waals surface area contributed by atoms with Crippen molar-refractivity contribution in [2.75, 3.05) is 0 Å². The topological polar surface area (TPSA) is 30.7 Å². The van der Waals surface area contributed by atoms with E-state index in [4.69, 9.17) is 0 Å². The highest BCUT2D eigenvalue weighted by Gasteiger charge is 2.28. The molecule has 7 heteroatoms. The maximum absolute atomic E-state index is 12.1. The summed E-state index contributed by atoms with van der Waals surface area (Å²) in [6, 6.07) is 7.24. The molecule has 0 N–H and O–H groups in total. The Morgan fingerprint density at radius 3 is 2.41 bits per heavy atom. The van der Waals surface area contributed by atoms with Crippen molar-refractivity contribution < 1.29 is 13.2 Å². The van der Waals surface area contributed by atoms with Crippen LogP contribution in [0.4, 0.5) is 13.2 Å². The summed E-state index contributed by atoms with van der Waals surface area (Å²) in [6.45, 7) is -1.12. The minimum Gasteiger partial charge on any atom is -0.243 e. The zero-order valence-corrected chi connectivity index (χ0v) is 10.6. The average Bonchev–Trinajstić information content (AvgIpc) is 2.64. The summed E-state index contributed by atoms with van der Waals surface area (Å²) in [4.78, 5) is 3.85. The summed E-state index contributed by atoms with van der Waals surface area (Å²) in [5, 5.41) is 3.78. The number of benzene rings is 1. The molecule has 17 heavy (non-hydrogen) atoms. The first-order valence-electron chi connectivity index (χ1n) is 4.66. The van der Waals surface area contributed by atoms with Crippen molar-refractivity contribution in [1.29, 1.82) is 0 Å². The minimum absolute atomic E-state index is 0.297. The summed E-state index contributed by atoms with van der Waals surface area (Å²) in [5.74, 6) is 0.297. The maximum Gasteiger partial charge on any atom is 0.408 e. The van der Waals surface area contributed by atoms with E-state index in [-0.39, 0.29) is 0 Å². The molecule has 0 saturated heterocycles. The van der Waals surface area contributed by atoms with E-state index in [1.807, 2.05) is 12.1 Å². The van der Waals surface area contributed by atoms with Crippen LogP contribution in [0.5, 0.6) is 0 Å². The van der Waals surface area contributed by atoms with Crippen molar-refractivity contribution >= 4 is 22.6 Å². The Balaban J connectivity index is 2.21. The number of hydrogen-bond acceptors (Lipinski definition) is 2. The summed E-state index contributed by atoms with van der Waals surface area (Å²) in [5.41, 5.74) is 0.700. The van der Waals surface area contributed by atoms with Gasteiger partial charge in [-0.05, 0) is 34.7 Å². The Bertz CT molecular complexity index is 504. The van der Waals surface area contributed by atoms with Crippen LogP contribution in [0.15, 0.2) is 30.6 Å². The predicted molar refractivity (Wildman–Crippen MR) is 64.2 cm³/mol. The number of alkyl halides is 3. The van der Waals surface area contributed by atoms with Crippen molar-refractivity contribution in [3.8, 4) is 11.4 Å². The lowest BCUT2D eigenvalue weighted by Gasteiger charge is -2.04. The molecular formula is C10H7F3IN3. The second kappa shape index (κ2) is 4.63. The second-order valence-corrected chi connectivity index (χ2v) is 4.63. The Morgan fingerprint density at radius 1 is 1.18 bits per heavy atom. The van der Waals surface area contributed by atoms with Crippen LogP contribution in [0.2, 0.25) is 0 Å². The molecule has 0 amide bonds. The fraction of sp³-hybridized carbons (Fsp3) is 0.200. The second-order valence-electron chi connectivity index (χ2n) is 3.39. The monoisotopic (exact) mass is 353 g/mol. The van der Waals surface area contributed by atoms with E-state index in [1.54, 1.807) is 12.1 Å². The summed E-state index contributed by atoms with van der Waals surface area (Å²) in [6.07, 6.45) is -3.20. The van der Waals surface area contributed by atoms with Crippen LogP contribution < -0.4 is 0 Å². The molecule has 0 bridgehead atoms. The molecule has 0 aliphatic rings.